The van der Waals surface area contributed by atoms with Gasteiger partial charge in [0, 0.05) is 13.1 Å². The Balaban J connectivity index is 2.95. The predicted octanol–water partition coefficient (Wildman–Crippen LogP) is 0.440. The van der Waals surface area contributed by atoms with Crippen molar-refractivity contribution in [3.05, 3.63) is 22.7 Å². The first-order valence-electron chi connectivity index (χ1n) is 4.26. The SMILES string of the molecule is NCCNC(=O)c1ccc(O)c(O)c1Cl. The quantitative estimate of drug-likeness (QED) is 0.567. The fourth-order valence-electron chi connectivity index (χ4n) is 1.01. The summed E-state index contributed by atoms with van der Waals surface area (Å²) >= 11 is 5.67. The lowest BCUT2D eigenvalue weighted by atomic mass is 10.2. The van der Waals surface area contributed by atoms with Crippen molar-refractivity contribution >= 4 is 17.5 Å². The van der Waals surface area contributed by atoms with E-state index < -0.39 is 11.7 Å². The second-order valence-corrected chi connectivity index (χ2v) is 3.22. The molecule has 15 heavy (non-hydrogen) atoms. The molecular formula is C9H11ClN2O3. The fourth-order valence-corrected chi connectivity index (χ4v) is 1.26. The highest BCUT2D eigenvalue weighted by molar-refractivity contribution is 6.35. The van der Waals surface area contributed by atoms with Gasteiger partial charge in [0.1, 0.15) is 0 Å². The van der Waals surface area contributed by atoms with Gasteiger partial charge >= 0.3 is 0 Å². The number of halogens is 1. The fraction of sp³-hybridized carbons (Fsp3) is 0.222. The van der Waals surface area contributed by atoms with E-state index in [1.54, 1.807) is 0 Å². The van der Waals surface area contributed by atoms with Crippen molar-refractivity contribution in [2.75, 3.05) is 13.1 Å². The number of aromatic hydroxyl groups is 2. The van der Waals surface area contributed by atoms with Gasteiger partial charge in [-0.2, -0.15) is 0 Å². The van der Waals surface area contributed by atoms with Gasteiger partial charge in [0.15, 0.2) is 11.5 Å². The Morgan fingerprint density at radius 2 is 2.13 bits per heavy atom. The molecule has 0 saturated heterocycles. The first-order chi connectivity index (χ1) is 7.07. The molecule has 1 amide bonds. The molecule has 0 spiro atoms. The van der Waals surface area contributed by atoms with Gasteiger partial charge in [-0.05, 0) is 12.1 Å². The van der Waals surface area contributed by atoms with E-state index in [4.69, 9.17) is 22.4 Å². The number of carbonyl (C=O) groups is 1. The Morgan fingerprint density at radius 3 is 2.73 bits per heavy atom. The third-order valence-corrected chi connectivity index (χ3v) is 2.15. The molecule has 0 aliphatic rings. The Hall–Kier alpha value is -1.46. The van der Waals surface area contributed by atoms with Gasteiger partial charge in [0.25, 0.3) is 5.91 Å². The van der Waals surface area contributed by atoms with Gasteiger partial charge in [-0.1, -0.05) is 11.6 Å². The molecule has 6 heteroatoms. The van der Waals surface area contributed by atoms with E-state index >= 15 is 0 Å². The number of phenols is 2. The molecular weight excluding hydrogens is 220 g/mol. The van der Waals surface area contributed by atoms with Crippen LogP contribution < -0.4 is 11.1 Å². The minimum Gasteiger partial charge on any atom is -0.504 e. The van der Waals surface area contributed by atoms with Gasteiger partial charge < -0.3 is 21.3 Å². The van der Waals surface area contributed by atoms with E-state index in [0.29, 0.717) is 13.1 Å². The van der Waals surface area contributed by atoms with Crippen LogP contribution >= 0.6 is 11.6 Å². The molecule has 0 unspecified atom stereocenters. The summed E-state index contributed by atoms with van der Waals surface area (Å²) in [6.45, 7) is 0.629. The van der Waals surface area contributed by atoms with E-state index in [1.807, 2.05) is 0 Å². The molecule has 0 radical (unpaired) electrons. The van der Waals surface area contributed by atoms with Gasteiger partial charge in [0.05, 0.1) is 10.6 Å². The minimum atomic E-state index is -0.503. The molecule has 0 saturated carbocycles. The van der Waals surface area contributed by atoms with Crippen LogP contribution in [0.15, 0.2) is 12.1 Å². The topological polar surface area (TPSA) is 95.6 Å². The average Bonchev–Trinajstić information content (AvgIpc) is 2.23. The van der Waals surface area contributed by atoms with Crippen molar-refractivity contribution in [1.82, 2.24) is 5.32 Å². The maximum Gasteiger partial charge on any atom is 0.252 e. The molecule has 0 aliphatic heterocycles. The lowest BCUT2D eigenvalue weighted by Gasteiger charge is -2.07. The van der Waals surface area contributed by atoms with E-state index in [2.05, 4.69) is 5.32 Å². The largest absolute Gasteiger partial charge is 0.504 e. The summed E-state index contributed by atoms with van der Waals surface area (Å²) in [7, 11) is 0. The molecule has 5 nitrogen and oxygen atoms in total. The normalized spacial score (nSPS) is 10.0. The van der Waals surface area contributed by atoms with Crippen molar-refractivity contribution in [1.29, 1.82) is 0 Å². The predicted molar refractivity (Wildman–Crippen MR) is 56.2 cm³/mol. The molecule has 1 aromatic carbocycles. The number of amides is 1. The van der Waals surface area contributed by atoms with Crippen LogP contribution in [-0.2, 0) is 0 Å². The monoisotopic (exact) mass is 230 g/mol. The lowest BCUT2D eigenvalue weighted by molar-refractivity contribution is 0.0954. The number of carbonyl (C=O) groups excluding carboxylic acids is 1. The molecule has 0 aromatic heterocycles. The number of hydrogen-bond acceptors (Lipinski definition) is 4. The Labute approximate surface area is 91.5 Å². The van der Waals surface area contributed by atoms with Crippen molar-refractivity contribution in [2.24, 2.45) is 5.73 Å². The summed E-state index contributed by atoms with van der Waals surface area (Å²) in [5, 5.41) is 20.7. The molecule has 0 aliphatic carbocycles. The van der Waals surface area contributed by atoms with E-state index in [1.165, 1.54) is 12.1 Å². The van der Waals surface area contributed by atoms with Gasteiger partial charge in [-0.3, -0.25) is 4.79 Å². The second kappa shape index (κ2) is 4.86. The van der Waals surface area contributed by atoms with E-state index in [0.717, 1.165) is 0 Å². The summed E-state index contributed by atoms with van der Waals surface area (Å²) in [5.41, 5.74) is 5.31. The van der Waals surface area contributed by atoms with Crippen LogP contribution in [-0.4, -0.2) is 29.2 Å². The number of phenolic OH excluding ortho intramolecular Hbond substituents is 2. The van der Waals surface area contributed by atoms with Gasteiger partial charge in [-0.25, -0.2) is 0 Å². The molecule has 1 rings (SSSR count). The molecule has 82 valence electrons. The van der Waals surface area contributed by atoms with E-state index in [9.17, 15) is 9.90 Å². The number of rotatable bonds is 3. The Kier molecular flexibility index (Phi) is 3.76. The van der Waals surface area contributed by atoms with Crippen LogP contribution in [0.2, 0.25) is 5.02 Å². The highest BCUT2D eigenvalue weighted by Gasteiger charge is 2.15. The first-order valence-corrected chi connectivity index (χ1v) is 4.64. The van der Waals surface area contributed by atoms with Crippen molar-refractivity contribution in [3.8, 4) is 11.5 Å². The zero-order valence-corrected chi connectivity index (χ0v) is 8.58. The Morgan fingerprint density at radius 1 is 1.47 bits per heavy atom. The van der Waals surface area contributed by atoms with Crippen LogP contribution in [0.4, 0.5) is 0 Å². The van der Waals surface area contributed by atoms with Crippen LogP contribution in [0.3, 0.4) is 0 Å². The van der Waals surface area contributed by atoms with Crippen molar-refractivity contribution in [2.45, 2.75) is 0 Å². The molecule has 1 aromatic rings. The third-order valence-electron chi connectivity index (χ3n) is 1.77. The third kappa shape index (κ3) is 2.51. The molecule has 0 fully saturated rings. The van der Waals surface area contributed by atoms with E-state index in [-0.39, 0.29) is 16.3 Å². The first kappa shape index (κ1) is 11.6. The summed E-state index contributed by atoms with van der Waals surface area (Å²) in [5.74, 6) is -1.31. The maximum atomic E-state index is 11.4. The lowest BCUT2D eigenvalue weighted by Crippen LogP contribution is -2.29. The number of nitrogens with one attached hydrogen (secondary N) is 1. The summed E-state index contributed by atoms with van der Waals surface area (Å²) in [6, 6.07) is 2.52. The van der Waals surface area contributed by atoms with Crippen LogP contribution in [0, 0.1) is 0 Å². The number of hydrogen-bond donors (Lipinski definition) is 4. The second-order valence-electron chi connectivity index (χ2n) is 2.84. The molecule has 0 bridgehead atoms. The standard InChI is InChI=1S/C9H11ClN2O3/c10-7-5(9(15)12-4-3-11)1-2-6(13)8(7)14/h1-2,13-14H,3-4,11H2,(H,12,15). The van der Waals surface area contributed by atoms with Crippen LogP contribution in [0.1, 0.15) is 10.4 Å². The number of benzene rings is 1. The zero-order valence-electron chi connectivity index (χ0n) is 7.83. The highest BCUT2D eigenvalue weighted by atomic mass is 35.5. The van der Waals surface area contributed by atoms with Crippen molar-refractivity contribution in [3.63, 3.8) is 0 Å². The minimum absolute atomic E-state index is 0.0976. The van der Waals surface area contributed by atoms with Crippen LogP contribution in [0.25, 0.3) is 0 Å². The zero-order chi connectivity index (χ0) is 11.4. The van der Waals surface area contributed by atoms with Gasteiger partial charge in [0.2, 0.25) is 0 Å². The summed E-state index contributed by atoms with van der Waals surface area (Å²) in [6.07, 6.45) is 0. The molecule has 5 N–H and O–H groups in total. The van der Waals surface area contributed by atoms with Crippen molar-refractivity contribution < 1.29 is 15.0 Å². The van der Waals surface area contributed by atoms with Crippen LogP contribution in [0.5, 0.6) is 11.5 Å². The number of nitrogens with two attached hydrogens (primary N) is 1. The Bertz CT molecular complexity index is 382. The molecule has 0 atom stereocenters. The van der Waals surface area contributed by atoms with Gasteiger partial charge in [-0.15, -0.1) is 0 Å². The average molecular weight is 231 g/mol. The maximum absolute atomic E-state index is 11.4. The highest BCUT2D eigenvalue weighted by Crippen LogP contribution is 2.35. The molecule has 0 heterocycles. The summed E-state index contributed by atoms with van der Waals surface area (Å²) in [4.78, 5) is 11.4. The summed E-state index contributed by atoms with van der Waals surface area (Å²) < 4.78 is 0. The smallest absolute Gasteiger partial charge is 0.252 e.